The molecule has 0 aliphatic carbocycles. The molecule has 0 aliphatic heterocycles. The first kappa shape index (κ1) is 17.5. The molecule has 1 unspecified atom stereocenters. The van der Waals surface area contributed by atoms with Gasteiger partial charge in [0.15, 0.2) is 5.78 Å². The lowest BCUT2D eigenvalue weighted by Gasteiger charge is -2.21. The summed E-state index contributed by atoms with van der Waals surface area (Å²) in [7, 11) is 3.44. The molecule has 2 N–H and O–H groups in total. The minimum Gasteiger partial charge on any atom is -0.507 e. The highest BCUT2D eigenvalue weighted by atomic mass is 35.5. The number of Topliss-reactive ketones (excluding diaryl/α,β-unsaturated/α-hetero) is 1. The molecule has 116 valence electrons. The summed E-state index contributed by atoms with van der Waals surface area (Å²) < 4.78 is 0. The Labute approximate surface area is 129 Å². The first-order valence-corrected chi connectivity index (χ1v) is 7.06. The van der Waals surface area contributed by atoms with E-state index >= 15 is 0 Å². The summed E-state index contributed by atoms with van der Waals surface area (Å²) in [5.41, 5.74) is 0.782. The fourth-order valence-corrected chi connectivity index (χ4v) is 2.44. The van der Waals surface area contributed by atoms with Gasteiger partial charge in [-0.3, -0.25) is 9.59 Å². The number of phenols is 1. The molecule has 1 aromatic carbocycles. The molecule has 0 heterocycles. The summed E-state index contributed by atoms with van der Waals surface area (Å²) in [4.78, 5) is 24.9. The van der Waals surface area contributed by atoms with Gasteiger partial charge in [-0.25, -0.2) is 0 Å². The molecular formula is C15H21ClN2O3. The summed E-state index contributed by atoms with van der Waals surface area (Å²) in [6.45, 7) is 4.13. The number of aromatic hydroxyl groups is 1. The minimum absolute atomic E-state index is 0.0402. The van der Waals surface area contributed by atoms with Crippen molar-refractivity contribution in [2.75, 3.05) is 20.6 Å². The van der Waals surface area contributed by atoms with E-state index in [1.165, 1.54) is 13.0 Å². The third-order valence-electron chi connectivity index (χ3n) is 3.25. The number of nitrogens with one attached hydrogen (secondary N) is 1. The topological polar surface area (TPSA) is 69.6 Å². The maximum Gasteiger partial charge on any atom is 0.223 e. The van der Waals surface area contributed by atoms with E-state index in [9.17, 15) is 14.7 Å². The second-order valence-corrected chi connectivity index (χ2v) is 5.67. The Balaban J connectivity index is 2.88. The van der Waals surface area contributed by atoms with Crippen LogP contribution in [0.2, 0.25) is 5.02 Å². The molecular weight excluding hydrogens is 292 g/mol. The van der Waals surface area contributed by atoms with Crippen LogP contribution in [-0.4, -0.2) is 42.3 Å². The first-order chi connectivity index (χ1) is 9.76. The fourth-order valence-electron chi connectivity index (χ4n) is 2.20. The van der Waals surface area contributed by atoms with Gasteiger partial charge in [0, 0.05) is 36.6 Å². The molecule has 5 nitrogen and oxygen atoms in total. The predicted octanol–water partition coefficient (Wildman–Crippen LogP) is 2.06. The molecule has 0 bridgehead atoms. The number of ketones is 1. The molecule has 21 heavy (non-hydrogen) atoms. The molecule has 0 aromatic heterocycles. The lowest BCUT2D eigenvalue weighted by molar-refractivity contribution is -0.124. The van der Waals surface area contributed by atoms with Gasteiger partial charge >= 0.3 is 0 Å². The summed E-state index contributed by atoms with van der Waals surface area (Å²) in [6, 6.07) is 3.08. The maximum atomic E-state index is 11.5. The largest absolute Gasteiger partial charge is 0.507 e. The highest BCUT2D eigenvalue weighted by molar-refractivity contribution is 6.31. The van der Waals surface area contributed by atoms with E-state index in [-0.39, 0.29) is 28.9 Å². The van der Waals surface area contributed by atoms with Crippen LogP contribution >= 0.6 is 11.6 Å². The van der Waals surface area contributed by atoms with Crippen LogP contribution in [0.4, 0.5) is 0 Å². The van der Waals surface area contributed by atoms with Gasteiger partial charge in [0.2, 0.25) is 5.91 Å². The number of carbonyl (C=O) groups excluding carboxylic acids is 2. The lowest BCUT2D eigenvalue weighted by atomic mass is 10.0. The number of benzene rings is 1. The predicted molar refractivity (Wildman–Crippen MR) is 82.7 cm³/mol. The molecule has 0 saturated carbocycles. The van der Waals surface area contributed by atoms with Gasteiger partial charge in [-0.2, -0.15) is 0 Å². The van der Waals surface area contributed by atoms with Crippen molar-refractivity contribution in [3.8, 4) is 5.75 Å². The molecule has 0 fully saturated rings. The van der Waals surface area contributed by atoms with E-state index in [1.807, 2.05) is 18.9 Å². The van der Waals surface area contributed by atoms with Crippen molar-refractivity contribution >= 4 is 23.3 Å². The fraction of sp³-hybridized carbons (Fsp3) is 0.467. The minimum atomic E-state index is -0.238. The van der Waals surface area contributed by atoms with Gasteiger partial charge in [-0.05, 0) is 26.1 Å². The number of nitrogens with zero attached hydrogens (tertiary/aromatic N) is 1. The zero-order valence-corrected chi connectivity index (χ0v) is 13.5. The van der Waals surface area contributed by atoms with Gasteiger partial charge in [0.1, 0.15) is 5.75 Å². The van der Waals surface area contributed by atoms with E-state index < -0.39 is 0 Å². The molecule has 1 rings (SSSR count). The number of halogens is 1. The average Bonchev–Trinajstić information content (AvgIpc) is 2.40. The number of hydrogen-bond acceptors (Lipinski definition) is 4. The molecule has 1 aromatic rings. The number of hydrogen-bond donors (Lipinski definition) is 2. The van der Waals surface area contributed by atoms with Gasteiger partial charge in [0.25, 0.3) is 0 Å². The number of phenolic OH excluding ortho intramolecular Hbond substituents is 1. The Morgan fingerprint density at radius 2 is 2.05 bits per heavy atom. The summed E-state index contributed by atoms with van der Waals surface area (Å²) in [6.07, 6.45) is 0. The van der Waals surface area contributed by atoms with Crippen LogP contribution in [0.3, 0.4) is 0 Å². The van der Waals surface area contributed by atoms with Crippen molar-refractivity contribution in [3.63, 3.8) is 0 Å². The van der Waals surface area contributed by atoms with Crippen LogP contribution in [0.15, 0.2) is 12.1 Å². The Morgan fingerprint density at radius 1 is 1.43 bits per heavy atom. The quantitative estimate of drug-likeness (QED) is 0.789. The van der Waals surface area contributed by atoms with Crippen molar-refractivity contribution in [1.82, 2.24) is 10.2 Å². The molecule has 1 amide bonds. The van der Waals surface area contributed by atoms with E-state index in [0.717, 1.165) is 0 Å². The second-order valence-electron chi connectivity index (χ2n) is 5.23. The van der Waals surface area contributed by atoms with Crippen molar-refractivity contribution in [2.45, 2.75) is 20.4 Å². The monoisotopic (exact) mass is 312 g/mol. The SMILES string of the molecule is CNC(=O)C(C)CN(C)Cc1cc(Cl)cc(C(C)=O)c1O. The standard InChI is InChI=1S/C15H21ClN2O3/c1-9(15(21)17-3)7-18(4)8-11-5-12(16)6-13(10(2)19)14(11)20/h5-6,9,20H,7-8H2,1-4H3,(H,17,21). The van der Waals surface area contributed by atoms with Crippen LogP contribution in [0.5, 0.6) is 5.75 Å². The van der Waals surface area contributed by atoms with Crippen molar-refractivity contribution in [3.05, 3.63) is 28.3 Å². The van der Waals surface area contributed by atoms with Gasteiger partial charge in [0.05, 0.1) is 5.56 Å². The van der Waals surface area contributed by atoms with E-state index in [4.69, 9.17) is 11.6 Å². The van der Waals surface area contributed by atoms with Crippen molar-refractivity contribution in [1.29, 1.82) is 0 Å². The zero-order valence-electron chi connectivity index (χ0n) is 12.7. The second kappa shape index (κ2) is 7.43. The Morgan fingerprint density at radius 3 is 2.57 bits per heavy atom. The summed E-state index contributed by atoms with van der Waals surface area (Å²) in [5.74, 6) is -0.501. The van der Waals surface area contributed by atoms with E-state index in [0.29, 0.717) is 23.7 Å². The van der Waals surface area contributed by atoms with E-state index in [1.54, 1.807) is 13.1 Å². The van der Waals surface area contributed by atoms with Gasteiger partial charge in [-0.15, -0.1) is 0 Å². The molecule has 6 heteroatoms. The average molecular weight is 313 g/mol. The zero-order chi connectivity index (χ0) is 16.2. The van der Waals surface area contributed by atoms with Crippen molar-refractivity contribution in [2.24, 2.45) is 5.92 Å². The number of carbonyl (C=O) groups is 2. The maximum absolute atomic E-state index is 11.5. The highest BCUT2D eigenvalue weighted by Crippen LogP contribution is 2.28. The van der Waals surface area contributed by atoms with Crippen molar-refractivity contribution < 1.29 is 14.7 Å². The number of amides is 1. The van der Waals surface area contributed by atoms with E-state index in [2.05, 4.69) is 5.32 Å². The van der Waals surface area contributed by atoms with Crippen LogP contribution in [0.25, 0.3) is 0 Å². The lowest BCUT2D eigenvalue weighted by Crippen LogP contribution is -2.34. The number of rotatable bonds is 6. The van der Waals surface area contributed by atoms with Gasteiger partial charge in [-0.1, -0.05) is 18.5 Å². The van der Waals surface area contributed by atoms with Crippen LogP contribution in [-0.2, 0) is 11.3 Å². The van der Waals surface area contributed by atoms with Crippen LogP contribution in [0.1, 0.15) is 29.8 Å². The van der Waals surface area contributed by atoms with Crippen LogP contribution in [0, 0.1) is 5.92 Å². The van der Waals surface area contributed by atoms with Crippen LogP contribution < -0.4 is 5.32 Å². The smallest absolute Gasteiger partial charge is 0.223 e. The molecule has 0 aliphatic rings. The molecule has 0 radical (unpaired) electrons. The normalized spacial score (nSPS) is 12.3. The summed E-state index contributed by atoms with van der Waals surface area (Å²) >= 11 is 5.98. The highest BCUT2D eigenvalue weighted by Gasteiger charge is 2.17. The molecule has 0 saturated heterocycles. The Bertz CT molecular complexity index is 546. The Hall–Kier alpha value is -1.59. The third-order valence-corrected chi connectivity index (χ3v) is 3.47. The summed E-state index contributed by atoms with van der Waals surface area (Å²) in [5, 5.41) is 13.1. The molecule has 1 atom stereocenters. The van der Waals surface area contributed by atoms with Gasteiger partial charge < -0.3 is 15.3 Å². The third kappa shape index (κ3) is 4.72. The first-order valence-electron chi connectivity index (χ1n) is 6.68. The Kier molecular flexibility index (Phi) is 6.18. The molecule has 0 spiro atoms.